The van der Waals surface area contributed by atoms with Crippen molar-refractivity contribution in [2.45, 2.75) is 48.9 Å². The van der Waals surface area contributed by atoms with Crippen LogP contribution in [0.15, 0.2) is 62.7 Å². The van der Waals surface area contributed by atoms with Crippen LogP contribution < -0.4 is 4.90 Å². The van der Waals surface area contributed by atoms with Gasteiger partial charge < -0.3 is 9.32 Å². The summed E-state index contributed by atoms with van der Waals surface area (Å²) in [5.41, 5.74) is 2.13. The number of hydrogen-bond acceptors (Lipinski definition) is 6. The summed E-state index contributed by atoms with van der Waals surface area (Å²) >= 11 is 1.43. The second kappa shape index (κ2) is 9.56. The fourth-order valence-corrected chi connectivity index (χ4v) is 6.83. The summed E-state index contributed by atoms with van der Waals surface area (Å²) in [6, 6.07) is 14.7. The van der Waals surface area contributed by atoms with Crippen LogP contribution in [0, 0.1) is 6.92 Å². The van der Waals surface area contributed by atoms with Crippen molar-refractivity contribution in [2.24, 2.45) is 0 Å². The first-order valence-corrected chi connectivity index (χ1v) is 13.9. The predicted octanol–water partition coefficient (Wildman–Crippen LogP) is 4.85. The van der Waals surface area contributed by atoms with Crippen LogP contribution in [0.3, 0.4) is 0 Å². The van der Waals surface area contributed by atoms with E-state index in [1.54, 1.807) is 21.3 Å². The zero-order valence-corrected chi connectivity index (χ0v) is 20.7. The number of sulfonamides is 1. The number of benzene rings is 2. The average molecular weight is 498 g/mol. The van der Waals surface area contributed by atoms with E-state index in [0.717, 1.165) is 36.1 Å². The Morgan fingerprint density at radius 2 is 1.76 bits per heavy atom. The highest BCUT2D eigenvalue weighted by Crippen LogP contribution is 2.39. The molecule has 3 heterocycles. The van der Waals surface area contributed by atoms with Crippen LogP contribution in [0.1, 0.15) is 37.1 Å². The monoisotopic (exact) mass is 497 g/mol. The van der Waals surface area contributed by atoms with Gasteiger partial charge in [0.15, 0.2) is 0 Å². The minimum absolute atomic E-state index is 0.0783. The third-order valence-corrected chi connectivity index (χ3v) is 9.24. The molecule has 0 atom stereocenters. The third kappa shape index (κ3) is 4.52. The second-order valence-corrected chi connectivity index (χ2v) is 11.6. The zero-order chi connectivity index (χ0) is 23.7. The number of aryl methyl sites for hydroxylation is 1. The van der Waals surface area contributed by atoms with E-state index < -0.39 is 10.0 Å². The number of hydrogen-bond donors (Lipinski definition) is 0. The third-order valence-electron chi connectivity index (χ3n) is 6.30. The lowest BCUT2D eigenvalue weighted by molar-refractivity contribution is -0.116. The second-order valence-electron chi connectivity index (χ2n) is 8.60. The molecule has 3 aromatic rings. The molecule has 2 aliphatic heterocycles. The molecule has 0 aliphatic carbocycles. The fourth-order valence-electron chi connectivity index (χ4n) is 4.38. The molecule has 34 heavy (non-hydrogen) atoms. The van der Waals surface area contributed by atoms with Crippen LogP contribution in [0.2, 0.25) is 0 Å². The van der Waals surface area contributed by atoms with Gasteiger partial charge >= 0.3 is 0 Å². The number of oxazole rings is 1. The maximum Gasteiger partial charge on any atom is 0.243 e. The van der Waals surface area contributed by atoms with Gasteiger partial charge in [-0.25, -0.2) is 13.4 Å². The van der Waals surface area contributed by atoms with Crippen molar-refractivity contribution >= 4 is 33.4 Å². The smallest absolute Gasteiger partial charge is 0.243 e. The topological polar surface area (TPSA) is 83.7 Å². The maximum atomic E-state index is 13.4. The molecule has 0 radical (unpaired) electrons. The lowest BCUT2D eigenvalue weighted by atomic mass is 10.2. The van der Waals surface area contributed by atoms with Crippen LogP contribution in [0.4, 0.5) is 5.69 Å². The molecule has 5 rings (SSSR count). The van der Waals surface area contributed by atoms with E-state index in [1.165, 1.54) is 11.8 Å². The van der Waals surface area contributed by atoms with E-state index >= 15 is 0 Å². The van der Waals surface area contributed by atoms with Crippen LogP contribution in [-0.2, 0) is 21.4 Å². The van der Waals surface area contributed by atoms with Gasteiger partial charge in [0.2, 0.25) is 21.8 Å². The van der Waals surface area contributed by atoms with Gasteiger partial charge in [0.1, 0.15) is 11.5 Å². The number of anilines is 1. The van der Waals surface area contributed by atoms with Crippen molar-refractivity contribution in [2.75, 3.05) is 23.7 Å². The molecule has 0 N–H and O–H groups in total. The molecule has 2 aliphatic rings. The van der Waals surface area contributed by atoms with Crippen LogP contribution >= 0.6 is 11.8 Å². The van der Waals surface area contributed by atoms with Crippen molar-refractivity contribution in [1.82, 2.24) is 9.29 Å². The van der Waals surface area contributed by atoms with Crippen molar-refractivity contribution in [1.29, 1.82) is 0 Å². The molecular formula is C25H27N3O4S2. The molecule has 0 bridgehead atoms. The summed E-state index contributed by atoms with van der Waals surface area (Å²) in [7, 11) is -3.62. The molecule has 2 aromatic carbocycles. The van der Waals surface area contributed by atoms with Crippen LogP contribution in [-0.4, -0.2) is 42.5 Å². The Bertz CT molecular complexity index is 1300. The Labute approximate surface area is 204 Å². The Hall–Kier alpha value is -2.62. The van der Waals surface area contributed by atoms with Gasteiger partial charge in [0, 0.05) is 23.5 Å². The molecule has 9 heteroatoms. The number of amides is 1. The van der Waals surface area contributed by atoms with Gasteiger partial charge in [-0.05, 0) is 50.1 Å². The zero-order valence-electron chi connectivity index (χ0n) is 19.1. The van der Waals surface area contributed by atoms with Gasteiger partial charge in [0.25, 0.3) is 0 Å². The number of thioether (sulfide) groups is 1. The number of nitrogens with zero attached hydrogens (tertiary/aromatic N) is 3. The molecule has 0 unspecified atom stereocenters. The van der Waals surface area contributed by atoms with Crippen molar-refractivity contribution in [3.8, 4) is 11.5 Å². The van der Waals surface area contributed by atoms with E-state index in [0.29, 0.717) is 41.9 Å². The molecule has 1 amide bonds. The lowest BCUT2D eigenvalue weighted by Gasteiger charge is -2.29. The van der Waals surface area contributed by atoms with E-state index in [4.69, 9.17) is 4.42 Å². The Kier molecular flexibility index (Phi) is 6.50. The van der Waals surface area contributed by atoms with Gasteiger partial charge in [-0.1, -0.05) is 31.0 Å². The quantitative estimate of drug-likeness (QED) is 0.501. The van der Waals surface area contributed by atoms with E-state index in [2.05, 4.69) is 4.98 Å². The Morgan fingerprint density at radius 1 is 1.03 bits per heavy atom. The van der Waals surface area contributed by atoms with E-state index in [9.17, 15) is 13.2 Å². The fraction of sp³-hybridized carbons (Fsp3) is 0.360. The Balaban J connectivity index is 1.47. The number of fused-ring (bicyclic) bond motifs is 1. The highest BCUT2D eigenvalue weighted by Gasteiger charge is 2.31. The summed E-state index contributed by atoms with van der Waals surface area (Å²) in [6.45, 7) is 3.13. The molecule has 1 fully saturated rings. The van der Waals surface area contributed by atoms with Crippen LogP contribution in [0.25, 0.3) is 11.5 Å². The largest absolute Gasteiger partial charge is 0.441 e. The normalized spacial score (nSPS) is 17.4. The minimum Gasteiger partial charge on any atom is -0.441 e. The van der Waals surface area contributed by atoms with Crippen molar-refractivity contribution in [3.05, 3.63) is 60.0 Å². The molecule has 0 spiro atoms. The molecule has 0 saturated carbocycles. The lowest BCUT2D eigenvalue weighted by Crippen LogP contribution is -2.36. The SMILES string of the molecule is Cc1oc(-c2ccccc2)nc1CN1C(=O)CSc2ccc(S(=O)(=O)N3CCCCCC3)cc21. The summed E-state index contributed by atoms with van der Waals surface area (Å²) in [5.74, 6) is 1.36. The molecular weight excluding hydrogens is 470 g/mol. The molecule has 1 aromatic heterocycles. The number of carbonyl (C=O) groups is 1. The predicted molar refractivity (Wildman–Crippen MR) is 132 cm³/mol. The summed E-state index contributed by atoms with van der Waals surface area (Å²) in [5, 5.41) is 0. The van der Waals surface area contributed by atoms with Crippen LogP contribution in [0.5, 0.6) is 0 Å². The summed E-state index contributed by atoms with van der Waals surface area (Å²) in [4.78, 5) is 20.3. The number of carbonyl (C=O) groups excluding carboxylic acids is 1. The van der Waals surface area contributed by atoms with Gasteiger partial charge in [0.05, 0.1) is 22.9 Å². The Morgan fingerprint density at radius 3 is 2.50 bits per heavy atom. The van der Waals surface area contributed by atoms with Gasteiger partial charge in [-0.2, -0.15) is 4.31 Å². The summed E-state index contributed by atoms with van der Waals surface area (Å²) < 4.78 is 34.2. The first kappa shape index (κ1) is 23.1. The minimum atomic E-state index is -3.62. The molecule has 178 valence electrons. The maximum absolute atomic E-state index is 13.4. The van der Waals surface area contributed by atoms with E-state index in [1.807, 2.05) is 43.3 Å². The van der Waals surface area contributed by atoms with Crippen molar-refractivity contribution < 1.29 is 17.6 Å². The number of rotatable bonds is 5. The number of aromatic nitrogens is 1. The van der Waals surface area contributed by atoms with Crippen molar-refractivity contribution in [3.63, 3.8) is 0 Å². The first-order valence-electron chi connectivity index (χ1n) is 11.5. The molecule has 1 saturated heterocycles. The first-order chi connectivity index (χ1) is 16.4. The molecule has 7 nitrogen and oxygen atoms in total. The van der Waals surface area contributed by atoms with Gasteiger partial charge in [-0.3, -0.25) is 4.79 Å². The standard InChI is InChI=1S/C25H27N3O4S2/c1-18-21(26-25(32-18)19-9-5-4-6-10-19)16-28-22-15-20(11-12-23(22)33-17-24(28)29)34(30,31)27-13-7-2-3-8-14-27/h4-6,9-12,15H,2-3,7-8,13-14,16-17H2,1H3. The van der Waals surface area contributed by atoms with Gasteiger partial charge in [-0.15, -0.1) is 11.8 Å². The average Bonchev–Trinajstić information content (AvgIpc) is 3.03. The van der Waals surface area contributed by atoms with E-state index in [-0.39, 0.29) is 17.3 Å². The highest BCUT2D eigenvalue weighted by molar-refractivity contribution is 8.00. The summed E-state index contributed by atoms with van der Waals surface area (Å²) in [6.07, 6.45) is 3.86. The highest BCUT2D eigenvalue weighted by atomic mass is 32.2.